The zero-order chi connectivity index (χ0) is 33.0. The molecule has 1 fully saturated rings. The Morgan fingerprint density at radius 2 is 1.51 bits per heavy atom. The van der Waals surface area contributed by atoms with E-state index in [0.717, 1.165) is 42.4 Å². The number of carboxylic acid groups (broad SMARTS) is 1. The molecule has 0 spiro atoms. The summed E-state index contributed by atoms with van der Waals surface area (Å²) < 4.78 is 33.7. The van der Waals surface area contributed by atoms with Crippen molar-refractivity contribution >= 4 is 23.6 Å². The fraction of sp³-hybridized carbons (Fsp3) is 0.364. The highest BCUT2D eigenvalue weighted by Gasteiger charge is 2.38. The van der Waals surface area contributed by atoms with Gasteiger partial charge in [0.15, 0.2) is 12.4 Å². The van der Waals surface area contributed by atoms with Gasteiger partial charge in [0.05, 0.1) is 5.92 Å². The second kappa shape index (κ2) is 16.4. The lowest BCUT2D eigenvalue weighted by molar-refractivity contribution is -0.671. The van der Waals surface area contributed by atoms with Crippen molar-refractivity contribution in [2.45, 2.75) is 63.2 Å². The first-order chi connectivity index (χ1) is 21.3. The molecule has 1 aliphatic carbocycles. The Hall–Kier alpha value is -4.74. The number of nitrogens with zero attached hydrogens (tertiary/aromatic N) is 1. The van der Waals surface area contributed by atoms with E-state index >= 15 is 0 Å². The monoisotopic (exact) mass is 626 g/mol. The van der Waals surface area contributed by atoms with E-state index < -0.39 is 24.1 Å². The van der Waals surface area contributed by atoms with E-state index in [1.54, 1.807) is 12.1 Å². The number of aromatic nitrogens is 1. The summed E-state index contributed by atoms with van der Waals surface area (Å²) >= 11 is 0. The van der Waals surface area contributed by atoms with Crippen LogP contribution in [-0.2, 0) is 34.4 Å². The predicted octanol–water partition coefficient (Wildman–Crippen LogP) is 4.14. The number of amidine groups is 1. The van der Waals surface area contributed by atoms with Gasteiger partial charge in [0.2, 0.25) is 11.8 Å². The Morgan fingerprint density at radius 1 is 0.933 bits per heavy atom. The largest absolute Gasteiger partial charge is 0.490 e. The second-order valence-corrected chi connectivity index (χ2v) is 11.1. The van der Waals surface area contributed by atoms with Crippen molar-refractivity contribution in [3.63, 3.8) is 0 Å². The van der Waals surface area contributed by atoms with Gasteiger partial charge in [0.25, 0.3) is 0 Å². The van der Waals surface area contributed by atoms with Crippen LogP contribution in [0.4, 0.5) is 13.2 Å². The van der Waals surface area contributed by atoms with E-state index in [0.29, 0.717) is 18.5 Å². The van der Waals surface area contributed by atoms with Gasteiger partial charge in [-0.3, -0.25) is 15.0 Å². The number of amides is 2. The number of hydrogen-bond donors (Lipinski definition) is 5. The number of pyridine rings is 1. The molecule has 0 bridgehead atoms. The molecule has 1 aliphatic rings. The number of hydrogen-bond acceptors (Lipinski definition) is 4. The summed E-state index contributed by atoms with van der Waals surface area (Å²) in [5.74, 6) is -3.35. The molecular weight excluding hydrogens is 587 g/mol. The van der Waals surface area contributed by atoms with Gasteiger partial charge in [-0.1, -0.05) is 73.9 Å². The van der Waals surface area contributed by atoms with Gasteiger partial charge in [0, 0.05) is 24.2 Å². The van der Waals surface area contributed by atoms with Crippen LogP contribution in [0.25, 0.3) is 0 Å². The van der Waals surface area contributed by atoms with Crippen molar-refractivity contribution in [3.8, 4) is 0 Å². The van der Waals surface area contributed by atoms with Gasteiger partial charge < -0.3 is 21.5 Å². The summed E-state index contributed by atoms with van der Waals surface area (Å²) in [6, 6.07) is 20.5. The number of nitrogens with two attached hydrogens (primary N) is 1. The number of aryl methyl sites for hydroxylation is 1. The highest BCUT2D eigenvalue weighted by atomic mass is 19.4. The molecule has 45 heavy (non-hydrogen) atoms. The molecule has 3 aromatic rings. The van der Waals surface area contributed by atoms with Crippen LogP contribution < -0.4 is 20.9 Å². The average Bonchev–Trinajstić information content (AvgIpc) is 3.03. The fourth-order valence-corrected chi connectivity index (χ4v) is 5.17. The van der Waals surface area contributed by atoms with Gasteiger partial charge >= 0.3 is 12.1 Å². The topological polar surface area (TPSA) is 149 Å². The highest BCUT2D eigenvalue weighted by molar-refractivity contribution is 5.95. The smallest absolute Gasteiger partial charge is 0.475 e. The van der Waals surface area contributed by atoms with E-state index in [1.807, 2.05) is 78.6 Å². The van der Waals surface area contributed by atoms with Crippen LogP contribution in [0, 0.1) is 11.3 Å². The van der Waals surface area contributed by atoms with Gasteiger partial charge in [-0.05, 0) is 41.9 Å². The third-order valence-corrected chi connectivity index (χ3v) is 7.68. The van der Waals surface area contributed by atoms with Crippen LogP contribution in [0.1, 0.15) is 60.3 Å². The van der Waals surface area contributed by atoms with Crippen LogP contribution in [0.3, 0.4) is 0 Å². The summed E-state index contributed by atoms with van der Waals surface area (Å²) in [5.41, 5.74) is 9.14. The van der Waals surface area contributed by atoms with Crippen molar-refractivity contribution in [2.24, 2.45) is 18.7 Å². The first-order valence-corrected chi connectivity index (χ1v) is 14.7. The number of benzene rings is 2. The highest BCUT2D eigenvalue weighted by Crippen LogP contribution is 2.28. The zero-order valence-electron chi connectivity index (χ0n) is 25.0. The molecule has 2 amide bonds. The molecule has 0 radical (unpaired) electrons. The number of alkyl halides is 3. The lowest BCUT2D eigenvalue weighted by atomic mass is 9.82. The molecule has 1 saturated carbocycles. The maximum absolute atomic E-state index is 13.8. The molecular formula is C33H39F3N5O4+. The number of carboxylic acids is 1. The molecule has 1 unspecified atom stereocenters. The van der Waals surface area contributed by atoms with Gasteiger partial charge in [-0.25, -0.2) is 9.36 Å². The normalized spacial score (nSPS) is 14.7. The summed E-state index contributed by atoms with van der Waals surface area (Å²) in [6.07, 6.45) is 4.49. The third-order valence-electron chi connectivity index (χ3n) is 7.68. The number of halogens is 3. The van der Waals surface area contributed by atoms with Gasteiger partial charge in [-0.15, -0.1) is 0 Å². The Kier molecular flexibility index (Phi) is 12.6. The molecule has 2 atom stereocenters. The molecule has 2 aromatic carbocycles. The van der Waals surface area contributed by atoms with Gasteiger partial charge in [0.1, 0.15) is 18.9 Å². The van der Waals surface area contributed by atoms with E-state index in [2.05, 4.69) is 10.6 Å². The number of nitrogen functional groups attached to an aromatic ring is 1. The van der Waals surface area contributed by atoms with Crippen molar-refractivity contribution < 1.29 is 37.2 Å². The maximum Gasteiger partial charge on any atom is 0.490 e. The Balaban J connectivity index is 0.000000707. The first kappa shape index (κ1) is 34.7. The molecule has 1 aromatic heterocycles. The van der Waals surface area contributed by atoms with Crippen LogP contribution in [0.15, 0.2) is 79.1 Å². The molecule has 0 aliphatic heterocycles. The number of nitrogens with one attached hydrogen (secondary N) is 3. The first-order valence-electron chi connectivity index (χ1n) is 14.7. The molecule has 4 rings (SSSR count). The van der Waals surface area contributed by atoms with Crippen molar-refractivity contribution in [1.82, 2.24) is 10.6 Å². The van der Waals surface area contributed by atoms with Gasteiger partial charge in [-0.2, -0.15) is 13.2 Å². The van der Waals surface area contributed by atoms with Crippen LogP contribution in [-0.4, -0.2) is 40.9 Å². The van der Waals surface area contributed by atoms with Crippen molar-refractivity contribution in [3.05, 3.63) is 101 Å². The molecule has 12 heteroatoms. The minimum Gasteiger partial charge on any atom is -0.475 e. The zero-order valence-corrected chi connectivity index (χ0v) is 25.0. The Bertz CT molecular complexity index is 1430. The number of carbonyl (C=O) groups excluding carboxylic acids is 2. The fourth-order valence-electron chi connectivity index (χ4n) is 5.17. The van der Waals surface area contributed by atoms with Crippen LogP contribution >= 0.6 is 0 Å². The van der Waals surface area contributed by atoms with E-state index in [9.17, 15) is 22.8 Å². The summed E-state index contributed by atoms with van der Waals surface area (Å²) in [6.45, 7) is 0.420. The summed E-state index contributed by atoms with van der Waals surface area (Å²) in [5, 5.41) is 21.0. The molecule has 6 N–H and O–H groups in total. The van der Waals surface area contributed by atoms with Crippen molar-refractivity contribution in [1.29, 1.82) is 5.41 Å². The predicted molar refractivity (Wildman–Crippen MR) is 162 cm³/mol. The maximum atomic E-state index is 13.8. The second-order valence-electron chi connectivity index (χ2n) is 11.1. The van der Waals surface area contributed by atoms with Crippen LogP contribution in [0.5, 0.6) is 0 Å². The minimum atomic E-state index is -5.08. The minimum absolute atomic E-state index is 0.0135. The Morgan fingerprint density at radius 3 is 2.04 bits per heavy atom. The lowest BCUT2D eigenvalue weighted by Crippen LogP contribution is -2.52. The van der Waals surface area contributed by atoms with E-state index in [-0.39, 0.29) is 23.6 Å². The average molecular weight is 627 g/mol. The Labute approximate surface area is 260 Å². The standard InChI is InChI=1S/C31H37N5O2.C2HF3O2/c1-36-18-16-23(17-19-36)21-34-31(38)28(25-10-6-3-7-11-25)35-30(37)27(24-8-4-2-5-9-24)20-22-12-14-26(15-13-22)29(32)33;3-2(4,5)1(6)7/h2,4-5,8-9,12-19,25,27-28H,3,6-7,10-11,20-21H2,1H3,(H4-,32,33,34,35,37,38);(H,6,7)/p+1/t27-,28?;/m0./s1. The quantitative estimate of drug-likeness (QED) is 0.130. The summed E-state index contributed by atoms with van der Waals surface area (Å²) in [7, 11) is 1.96. The molecule has 1 heterocycles. The number of aliphatic carboxylic acids is 1. The van der Waals surface area contributed by atoms with E-state index in [4.69, 9.17) is 21.0 Å². The number of rotatable bonds is 10. The summed E-state index contributed by atoms with van der Waals surface area (Å²) in [4.78, 5) is 36.2. The van der Waals surface area contributed by atoms with E-state index in [1.165, 1.54) is 6.42 Å². The molecule has 9 nitrogen and oxygen atoms in total. The lowest BCUT2D eigenvalue weighted by Gasteiger charge is -2.31. The van der Waals surface area contributed by atoms with Crippen molar-refractivity contribution in [2.75, 3.05) is 0 Å². The van der Waals surface area contributed by atoms with Crippen LogP contribution in [0.2, 0.25) is 0 Å². The molecule has 0 saturated heterocycles. The SMILES string of the molecule is C[n+]1ccc(CNC(=O)C(NC(=O)[C@@H](Cc2ccc(C(=N)N)cc2)c2ccccc2)C2CCCCC2)cc1.O=C(O)C(F)(F)F. The third kappa shape index (κ3) is 11.0. The molecule has 240 valence electrons. The number of carbonyl (C=O) groups is 3.